The third kappa shape index (κ3) is 27.3. The normalized spacial score (nSPS) is 13.7. The standard InChI is InChI=1S/C37H63NO7/c1-6-8-10-12-14-15-16-17-18-19-20-21-22-24-26-28-36(40)45-33(31-43-30-29-34(37(41)42)38(3,4)5)32-44-35(39)27-25-23-13-11-9-7-2/h8,10,14-15,17-18,20-21,33-34H,6-7,9,11-13,16,19,22-32H2,1-5H3/p+1/b10-8-,15-14-,18-17-,21-20-. The zero-order valence-electron chi connectivity index (χ0n) is 29.1. The Morgan fingerprint density at radius 1 is 0.689 bits per heavy atom. The molecule has 0 fully saturated rings. The molecule has 45 heavy (non-hydrogen) atoms. The number of likely N-dealkylation sites (N-methyl/N-ethyl adjacent to an activating group) is 1. The van der Waals surface area contributed by atoms with Crippen molar-refractivity contribution in [2.24, 2.45) is 0 Å². The second-order valence-electron chi connectivity index (χ2n) is 12.4. The van der Waals surface area contributed by atoms with Crippen molar-refractivity contribution < 1.29 is 38.2 Å². The number of hydrogen-bond acceptors (Lipinski definition) is 6. The first-order valence-corrected chi connectivity index (χ1v) is 17.2. The van der Waals surface area contributed by atoms with Crippen molar-refractivity contribution in [3.8, 4) is 0 Å². The van der Waals surface area contributed by atoms with E-state index in [0.29, 0.717) is 19.3 Å². The van der Waals surface area contributed by atoms with Gasteiger partial charge in [-0.1, -0.05) is 94.6 Å². The number of aliphatic carboxylic acids is 1. The van der Waals surface area contributed by atoms with Crippen LogP contribution in [-0.4, -0.2) is 80.6 Å². The SMILES string of the molecule is CC/C=C\C/C=C\C/C=C\C/C=C\CCCCC(=O)OC(COCCC(C(=O)O)[N+](C)(C)C)COC(=O)CCCCCCCC. The second kappa shape index (κ2) is 28.7. The van der Waals surface area contributed by atoms with Crippen LogP contribution >= 0.6 is 0 Å². The van der Waals surface area contributed by atoms with Crippen molar-refractivity contribution in [1.29, 1.82) is 0 Å². The van der Waals surface area contributed by atoms with E-state index in [1.165, 1.54) is 19.3 Å². The fraction of sp³-hybridized carbons (Fsp3) is 0.703. The van der Waals surface area contributed by atoms with E-state index in [1.807, 2.05) is 21.1 Å². The van der Waals surface area contributed by atoms with Crippen molar-refractivity contribution in [1.82, 2.24) is 0 Å². The lowest BCUT2D eigenvalue weighted by Crippen LogP contribution is -2.50. The molecule has 0 saturated heterocycles. The molecule has 0 spiro atoms. The average molecular weight is 635 g/mol. The van der Waals surface area contributed by atoms with Gasteiger partial charge in [0, 0.05) is 19.3 Å². The molecule has 258 valence electrons. The van der Waals surface area contributed by atoms with Crippen molar-refractivity contribution >= 4 is 17.9 Å². The molecule has 2 unspecified atom stereocenters. The first kappa shape index (κ1) is 42.3. The quantitative estimate of drug-likeness (QED) is 0.0384. The van der Waals surface area contributed by atoms with Gasteiger partial charge in [-0.15, -0.1) is 0 Å². The highest BCUT2D eigenvalue weighted by molar-refractivity contribution is 5.72. The number of rotatable bonds is 29. The Hall–Kier alpha value is -2.71. The van der Waals surface area contributed by atoms with Crippen LogP contribution in [0.4, 0.5) is 0 Å². The van der Waals surface area contributed by atoms with Crippen LogP contribution in [0.3, 0.4) is 0 Å². The van der Waals surface area contributed by atoms with Gasteiger partial charge in [0.1, 0.15) is 6.61 Å². The van der Waals surface area contributed by atoms with E-state index in [1.54, 1.807) is 0 Å². The van der Waals surface area contributed by atoms with Crippen LogP contribution in [0.25, 0.3) is 0 Å². The number of ether oxygens (including phenoxy) is 3. The summed E-state index contributed by atoms with van der Waals surface area (Å²) in [6, 6.07) is -0.619. The summed E-state index contributed by atoms with van der Waals surface area (Å²) in [4.78, 5) is 36.5. The predicted octanol–water partition coefficient (Wildman–Crippen LogP) is 8.12. The lowest BCUT2D eigenvalue weighted by Gasteiger charge is -2.31. The van der Waals surface area contributed by atoms with Gasteiger partial charge >= 0.3 is 17.9 Å². The van der Waals surface area contributed by atoms with Gasteiger partial charge < -0.3 is 23.8 Å². The number of carbonyl (C=O) groups excluding carboxylic acids is 2. The van der Waals surface area contributed by atoms with Gasteiger partial charge in [-0.05, 0) is 51.4 Å². The van der Waals surface area contributed by atoms with E-state index in [0.717, 1.165) is 57.8 Å². The number of hydrogen-bond donors (Lipinski definition) is 1. The minimum absolute atomic E-state index is 0.0431. The van der Waals surface area contributed by atoms with Crippen molar-refractivity contribution in [2.45, 2.75) is 129 Å². The Balaban J connectivity index is 4.52. The van der Waals surface area contributed by atoms with E-state index < -0.39 is 18.1 Å². The molecule has 0 heterocycles. The molecule has 0 aromatic rings. The Labute approximate surface area is 274 Å². The molecule has 0 saturated carbocycles. The van der Waals surface area contributed by atoms with Gasteiger partial charge in [0.05, 0.1) is 34.4 Å². The van der Waals surface area contributed by atoms with Crippen LogP contribution in [-0.2, 0) is 28.6 Å². The van der Waals surface area contributed by atoms with Gasteiger partial charge in [0.25, 0.3) is 0 Å². The molecule has 0 aliphatic heterocycles. The summed E-state index contributed by atoms with van der Waals surface area (Å²) in [7, 11) is 5.48. The Morgan fingerprint density at radius 2 is 1.24 bits per heavy atom. The molecule has 0 bridgehead atoms. The Morgan fingerprint density at radius 3 is 1.84 bits per heavy atom. The largest absolute Gasteiger partial charge is 0.477 e. The van der Waals surface area contributed by atoms with Gasteiger partial charge in [0.2, 0.25) is 0 Å². The number of quaternary nitrogens is 1. The molecule has 0 aliphatic rings. The Bertz CT molecular complexity index is 886. The molecule has 8 heteroatoms. The highest BCUT2D eigenvalue weighted by Crippen LogP contribution is 2.11. The molecule has 8 nitrogen and oxygen atoms in total. The van der Waals surface area contributed by atoms with Crippen LogP contribution in [0.5, 0.6) is 0 Å². The van der Waals surface area contributed by atoms with Gasteiger partial charge in [-0.25, -0.2) is 4.79 Å². The maximum Gasteiger partial charge on any atom is 0.362 e. The lowest BCUT2D eigenvalue weighted by molar-refractivity contribution is -0.887. The summed E-state index contributed by atoms with van der Waals surface area (Å²) >= 11 is 0. The lowest BCUT2D eigenvalue weighted by atomic mass is 10.1. The van der Waals surface area contributed by atoms with E-state index in [2.05, 4.69) is 62.5 Å². The van der Waals surface area contributed by atoms with Crippen LogP contribution in [0.15, 0.2) is 48.6 Å². The molecule has 0 aromatic heterocycles. The zero-order chi connectivity index (χ0) is 33.6. The van der Waals surface area contributed by atoms with Crippen LogP contribution < -0.4 is 0 Å². The number of allylic oxidation sites excluding steroid dienone is 8. The van der Waals surface area contributed by atoms with E-state index in [9.17, 15) is 19.5 Å². The summed E-state index contributed by atoms with van der Waals surface area (Å²) in [5, 5.41) is 9.53. The predicted molar refractivity (Wildman–Crippen MR) is 183 cm³/mol. The first-order valence-electron chi connectivity index (χ1n) is 17.2. The third-order valence-corrected chi connectivity index (χ3v) is 7.24. The van der Waals surface area contributed by atoms with E-state index in [4.69, 9.17) is 14.2 Å². The van der Waals surface area contributed by atoms with Crippen LogP contribution in [0, 0.1) is 0 Å². The first-order chi connectivity index (χ1) is 21.6. The molecule has 1 N–H and O–H groups in total. The smallest absolute Gasteiger partial charge is 0.362 e. The molecule has 2 atom stereocenters. The number of carbonyl (C=O) groups is 3. The fourth-order valence-corrected chi connectivity index (χ4v) is 4.55. The average Bonchev–Trinajstić information content (AvgIpc) is 2.98. The molecular formula is C37H64NO7+. The maximum absolute atomic E-state index is 12.6. The second-order valence-corrected chi connectivity index (χ2v) is 12.4. The number of carboxylic acids is 1. The minimum Gasteiger partial charge on any atom is -0.477 e. The van der Waals surface area contributed by atoms with Crippen molar-refractivity contribution in [3.63, 3.8) is 0 Å². The van der Waals surface area contributed by atoms with E-state index in [-0.39, 0.29) is 42.7 Å². The Kier molecular flexibility index (Phi) is 27.0. The summed E-state index contributed by atoms with van der Waals surface area (Å²) in [5.74, 6) is -1.54. The molecule has 0 amide bonds. The maximum atomic E-state index is 12.6. The van der Waals surface area contributed by atoms with Gasteiger partial charge in [0.15, 0.2) is 12.1 Å². The number of esters is 2. The molecule has 0 aromatic carbocycles. The topological polar surface area (TPSA) is 99.1 Å². The van der Waals surface area contributed by atoms with Gasteiger partial charge in [-0.2, -0.15) is 0 Å². The van der Waals surface area contributed by atoms with E-state index >= 15 is 0 Å². The fourth-order valence-electron chi connectivity index (χ4n) is 4.55. The molecule has 0 radical (unpaired) electrons. The van der Waals surface area contributed by atoms with Crippen LogP contribution in [0.1, 0.15) is 117 Å². The summed E-state index contributed by atoms with van der Waals surface area (Å²) in [6.07, 6.45) is 30.4. The zero-order valence-corrected chi connectivity index (χ0v) is 29.1. The monoisotopic (exact) mass is 634 g/mol. The van der Waals surface area contributed by atoms with Gasteiger partial charge in [-0.3, -0.25) is 9.59 Å². The molecular weight excluding hydrogens is 570 g/mol. The number of unbranched alkanes of at least 4 members (excludes halogenated alkanes) is 7. The summed E-state index contributed by atoms with van der Waals surface area (Å²) < 4.78 is 17.0. The highest BCUT2D eigenvalue weighted by atomic mass is 16.6. The molecule has 0 rings (SSSR count). The van der Waals surface area contributed by atoms with Crippen LogP contribution in [0.2, 0.25) is 0 Å². The van der Waals surface area contributed by atoms with Crippen molar-refractivity contribution in [3.05, 3.63) is 48.6 Å². The highest BCUT2D eigenvalue weighted by Gasteiger charge is 2.31. The summed E-state index contributed by atoms with van der Waals surface area (Å²) in [5.41, 5.74) is 0. The number of nitrogens with zero attached hydrogens (tertiary/aromatic N) is 1. The third-order valence-electron chi connectivity index (χ3n) is 7.24. The summed E-state index contributed by atoms with van der Waals surface area (Å²) in [6.45, 7) is 4.48. The molecule has 0 aliphatic carbocycles. The van der Waals surface area contributed by atoms with Crippen molar-refractivity contribution in [2.75, 3.05) is 41.0 Å². The number of carboxylic acid groups (broad SMARTS) is 1. The minimum atomic E-state index is -0.886.